The number of nitrogens with two attached hydrogens (primary N) is 1. The number of likely N-dealkylation sites (tertiary alicyclic amines) is 1. The molecule has 1 rings (SSSR count). The smallest absolute Gasteiger partial charge is 0.140 e. The molecule has 0 saturated carbocycles. The van der Waals surface area contributed by atoms with Gasteiger partial charge >= 0.3 is 0 Å². The summed E-state index contributed by atoms with van der Waals surface area (Å²) in [5.74, 6) is 0.287. The Morgan fingerprint density at radius 3 is 3.00 bits per heavy atom. The number of nitrogens with zero attached hydrogens (tertiary/aromatic N) is 2. The second-order valence-corrected chi connectivity index (χ2v) is 3.00. The summed E-state index contributed by atoms with van der Waals surface area (Å²) in [6, 6.07) is 0. The highest BCUT2D eigenvalue weighted by Gasteiger charge is 2.14. The molecule has 0 atom stereocenters. The lowest BCUT2D eigenvalue weighted by molar-refractivity contribution is 0.314. The highest BCUT2D eigenvalue weighted by molar-refractivity contribution is 5.79. The van der Waals surface area contributed by atoms with Crippen molar-refractivity contribution in [3.05, 3.63) is 12.3 Å². The van der Waals surface area contributed by atoms with Crippen LogP contribution < -0.4 is 5.73 Å². The van der Waals surface area contributed by atoms with E-state index in [1.807, 2.05) is 0 Å². The number of rotatable bonds is 3. The predicted octanol–water partition coefficient (Wildman–Crippen LogP) is 0.732. The summed E-state index contributed by atoms with van der Waals surface area (Å²) in [4.78, 5) is 2.18. The SMILES string of the molecule is C=C1CCCN1CC/C(N)=N/O. The van der Waals surface area contributed by atoms with Crippen molar-refractivity contribution in [2.24, 2.45) is 10.9 Å². The van der Waals surface area contributed by atoms with Gasteiger partial charge in [0.15, 0.2) is 0 Å². The van der Waals surface area contributed by atoms with Gasteiger partial charge in [-0.15, -0.1) is 0 Å². The summed E-state index contributed by atoms with van der Waals surface area (Å²) in [5.41, 5.74) is 6.51. The Bertz CT molecular complexity index is 200. The molecule has 12 heavy (non-hydrogen) atoms. The highest BCUT2D eigenvalue weighted by Crippen LogP contribution is 2.18. The summed E-state index contributed by atoms with van der Waals surface area (Å²) >= 11 is 0. The van der Waals surface area contributed by atoms with E-state index in [1.165, 1.54) is 12.1 Å². The number of amidine groups is 1. The molecule has 0 radical (unpaired) electrons. The van der Waals surface area contributed by atoms with Crippen molar-refractivity contribution in [1.29, 1.82) is 0 Å². The Labute approximate surface area is 72.3 Å². The van der Waals surface area contributed by atoms with Gasteiger partial charge < -0.3 is 15.8 Å². The van der Waals surface area contributed by atoms with Crippen LogP contribution in [0.5, 0.6) is 0 Å². The Morgan fingerprint density at radius 2 is 2.50 bits per heavy atom. The van der Waals surface area contributed by atoms with Crippen LogP contribution in [0.4, 0.5) is 0 Å². The van der Waals surface area contributed by atoms with Gasteiger partial charge in [0.05, 0.1) is 0 Å². The standard InChI is InChI=1S/C8H15N3O/c1-7-3-2-5-11(7)6-4-8(9)10-12/h12H,1-6H2,(H2,9,10). The van der Waals surface area contributed by atoms with Crippen LogP contribution in [0.2, 0.25) is 0 Å². The van der Waals surface area contributed by atoms with Crippen molar-refractivity contribution in [3.63, 3.8) is 0 Å². The number of hydrogen-bond acceptors (Lipinski definition) is 3. The van der Waals surface area contributed by atoms with Crippen LogP contribution in [-0.4, -0.2) is 29.0 Å². The normalized spacial score (nSPS) is 18.8. The van der Waals surface area contributed by atoms with Crippen LogP contribution in [0.3, 0.4) is 0 Å². The molecule has 4 heteroatoms. The van der Waals surface area contributed by atoms with Gasteiger partial charge in [0.1, 0.15) is 5.84 Å². The lowest BCUT2D eigenvalue weighted by Gasteiger charge is -2.17. The molecular formula is C8H15N3O. The minimum absolute atomic E-state index is 0.287. The molecule has 0 unspecified atom stereocenters. The fourth-order valence-corrected chi connectivity index (χ4v) is 1.36. The maximum Gasteiger partial charge on any atom is 0.140 e. The van der Waals surface area contributed by atoms with E-state index in [0.717, 1.165) is 19.5 Å². The summed E-state index contributed by atoms with van der Waals surface area (Å²) in [5, 5.41) is 11.2. The molecule has 1 saturated heterocycles. The van der Waals surface area contributed by atoms with Crippen molar-refractivity contribution >= 4 is 5.84 Å². The fraction of sp³-hybridized carbons (Fsp3) is 0.625. The Hall–Kier alpha value is -1.19. The first-order valence-corrected chi connectivity index (χ1v) is 4.13. The van der Waals surface area contributed by atoms with E-state index < -0.39 is 0 Å². The van der Waals surface area contributed by atoms with E-state index in [9.17, 15) is 0 Å². The van der Waals surface area contributed by atoms with Crippen LogP contribution in [0.15, 0.2) is 17.4 Å². The second-order valence-electron chi connectivity index (χ2n) is 3.00. The van der Waals surface area contributed by atoms with Crippen molar-refractivity contribution in [3.8, 4) is 0 Å². The average molecular weight is 169 g/mol. The molecule has 1 heterocycles. The summed E-state index contributed by atoms with van der Waals surface area (Å²) in [7, 11) is 0. The number of oxime groups is 1. The molecule has 0 aliphatic carbocycles. The van der Waals surface area contributed by atoms with Crippen LogP contribution in [0.25, 0.3) is 0 Å². The molecule has 68 valence electrons. The Kier molecular flexibility index (Phi) is 2.96. The van der Waals surface area contributed by atoms with E-state index in [2.05, 4.69) is 16.6 Å². The molecular weight excluding hydrogens is 154 g/mol. The topological polar surface area (TPSA) is 61.8 Å². The first-order chi connectivity index (χ1) is 5.74. The first kappa shape index (κ1) is 8.90. The molecule has 3 N–H and O–H groups in total. The maximum absolute atomic E-state index is 8.30. The highest BCUT2D eigenvalue weighted by atomic mass is 16.4. The van der Waals surface area contributed by atoms with Gasteiger partial charge in [-0.1, -0.05) is 11.7 Å². The molecule has 1 fully saturated rings. The molecule has 0 aromatic carbocycles. The second kappa shape index (κ2) is 3.99. The van der Waals surface area contributed by atoms with Crippen molar-refractivity contribution < 1.29 is 5.21 Å². The minimum atomic E-state index is 0.287. The van der Waals surface area contributed by atoms with Crippen LogP contribution in [0.1, 0.15) is 19.3 Å². The molecule has 1 aliphatic rings. The third-order valence-electron chi connectivity index (χ3n) is 2.11. The lowest BCUT2D eigenvalue weighted by Crippen LogP contribution is -2.24. The Balaban J connectivity index is 2.27. The van der Waals surface area contributed by atoms with Crippen molar-refractivity contribution in [1.82, 2.24) is 4.90 Å². The monoisotopic (exact) mass is 169 g/mol. The van der Waals surface area contributed by atoms with E-state index in [-0.39, 0.29) is 5.84 Å². The van der Waals surface area contributed by atoms with Gasteiger partial charge in [0.25, 0.3) is 0 Å². The van der Waals surface area contributed by atoms with Gasteiger partial charge in [0, 0.05) is 25.2 Å². The summed E-state index contributed by atoms with van der Waals surface area (Å²) in [6.45, 7) is 5.79. The van der Waals surface area contributed by atoms with Crippen LogP contribution in [0, 0.1) is 0 Å². The first-order valence-electron chi connectivity index (χ1n) is 4.13. The summed E-state index contributed by atoms with van der Waals surface area (Å²) < 4.78 is 0. The Morgan fingerprint density at radius 1 is 1.75 bits per heavy atom. The zero-order chi connectivity index (χ0) is 8.97. The van der Waals surface area contributed by atoms with Gasteiger partial charge in [-0.25, -0.2) is 0 Å². The van der Waals surface area contributed by atoms with Crippen molar-refractivity contribution in [2.75, 3.05) is 13.1 Å². The van der Waals surface area contributed by atoms with Gasteiger partial charge in [0.2, 0.25) is 0 Å². The fourth-order valence-electron chi connectivity index (χ4n) is 1.36. The molecule has 0 aromatic rings. The molecule has 0 bridgehead atoms. The maximum atomic E-state index is 8.30. The minimum Gasteiger partial charge on any atom is -0.409 e. The van der Waals surface area contributed by atoms with E-state index in [0.29, 0.717) is 6.42 Å². The van der Waals surface area contributed by atoms with Gasteiger partial charge in [-0.05, 0) is 12.8 Å². The van der Waals surface area contributed by atoms with E-state index in [4.69, 9.17) is 10.9 Å². The third kappa shape index (κ3) is 2.15. The largest absolute Gasteiger partial charge is 0.409 e. The quantitative estimate of drug-likeness (QED) is 0.283. The van der Waals surface area contributed by atoms with Gasteiger partial charge in [-0.3, -0.25) is 0 Å². The zero-order valence-electron chi connectivity index (χ0n) is 7.16. The van der Waals surface area contributed by atoms with Crippen LogP contribution in [-0.2, 0) is 0 Å². The number of allylic oxidation sites excluding steroid dienone is 1. The van der Waals surface area contributed by atoms with Crippen LogP contribution >= 0.6 is 0 Å². The van der Waals surface area contributed by atoms with E-state index in [1.54, 1.807) is 0 Å². The van der Waals surface area contributed by atoms with E-state index >= 15 is 0 Å². The predicted molar refractivity (Wildman–Crippen MR) is 48.0 cm³/mol. The van der Waals surface area contributed by atoms with Gasteiger partial charge in [-0.2, -0.15) is 0 Å². The molecule has 0 spiro atoms. The summed E-state index contributed by atoms with van der Waals surface area (Å²) in [6.07, 6.45) is 2.86. The number of hydrogen-bond donors (Lipinski definition) is 2. The molecule has 1 aliphatic heterocycles. The average Bonchev–Trinajstić information content (AvgIpc) is 2.47. The van der Waals surface area contributed by atoms with Crippen molar-refractivity contribution in [2.45, 2.75) is 19.3 Å². The molecule has 0 aromatic heterocycles. The third-order valence-corrected chi connectivity index (χ3v) is 2.11. The zero-order valence-corrected chi connectivity index (χ0v) is 7.16. The lowest BCUT2D eigenvalue weighted by atomic mass is 10.3. The molecule has 0 amide bonds. The molecule has 4 nitrogen and oxygen atoms in total.